The molecule has 1 aromatic heterocycles. The van der Waals surface area contributed by atoms with Gasteiger partial charge < -0.3 is 14.8 Å². The molecule has 0 saturated heterocycles. The van der Waals surface area contributed by atoms with E-state index in [1.54, 1.807) is 37.3 Å². The van der Waals surface area contributed by atoms with Crippen LogP contribution in [0.2, 0.25) is 0 Å². The molecule has 5 nitrogen and oxygen atoms in total. The number of para-hydroxylation sites is 1. The zero-order chi connectivity index (χ0) is 21.8. The summed E-state index contributed by atoms with van der Waals surface area (Å²) >= 11 is 3.34. The van der Waals surface area contributed by atoms with Crippen LogP contribution < -0.4 is 14.8 Å². The Bertz CT molecular complexity index is 1050. The van der Waals surface area contributed by atoms with E-state index in [4.69, 9.17) is 9.47 Å². The van der Waals surface area contributed by atoms with E-state index in [9.17, 15) is 4.79 Å². The summed E-state index contributed by atoms with van der Waals surface area (Å²) in [6, 6.07) is 16.2. The smallest absolute Gasteiger partial charge is 0.238 e. The van der Waals surface area contributed by atoms with Gasteiger partial charge >= 0.3 is 0 Å². The van der Waals surface area contributed by atoms with Crippen molar-refractivity contribution in [3.05, 3.63) is 69.9 Å². The van der Waals surface area contributed by atoms with Gasteiger partial charge in [0.2, 0.25) is 5.91 Å². The van der Waals surface area contributed by atoms with E-state index < -0.39 is 0 Å². The Morgan fingerprint density at radius 2 is 1.94 bits per heavy atom. The van der Waals surface area contributed by atoms with Crippen LogP contribution in [-0.4, -0.2) is 44.4 Å². The number of amides is 1. The topological polar surface area (TPSA) is 50.8 Å². The molecular formula is C24H26N2O3S2. The Morgan fingerprint density at radius 1 is 1.16 bits per heavy atom. The zero-order valence-corrected chi connectivity index (χ0v) is 19.5. The van der Waals surface area contributed by atoms with Crippen molar-refractivity contribution >= 4 is 34.7 Å². The van der Waals surface area contributed by atoms with Gasteiger partial charge in [0.1, 0.15) is 0 Å². The van der Waals surface area contributed by atoms with E-state index in [1.165, 1.54) is 16.0 Å². The maximum absolute atomic E-state index is 13.0. The summed E-state index contributed by atoms with van der Waals surface area (Å²) in [4.78, 5) is 17.5. The van der Waals surface area contributed by atoms with E-state index in [2.05, 4.69) is 39.9 Å². The van der Waals surface area contributed by atoms with Crippen molar-refractivity contribution in [2.75, 3.05) is 38.9 Å². The highest BCUT2D eigenvalue weighted by molar-refractivity contribution is 7.98. The summed E-state index contributed by atoms with van der Waals surface area (Å²) in [6.45, 7) is 1.11. The zero-order valence-electron chi connectivity index (χ0n) is 17.9. The molecule has 3 aromatic rings. The number of rotatable bonds is 7. The molecule has 1 amide bonds. The Morgan fingerprint density at radius 3 is 2.65 bits per heavy atom. The second-order valence-corrected chi connectivity index (χ2v) is 9.12. The molecule has 0 fully saturated rings. The molecule has 2 aromatic carbocycles. The molecule has 1 N–H and O–H groups in total. The van der Waals surface area contributed by atoms with Crippen LogP contribution >= 0.6 is 23.1 Å². The lowest BCUT2D eigenvalue weighted by molar-refractivity contribution is -0.117. The van der Waals surface area contributed by atoms with Crippen LogP contribution in [0.4, 0.5) is 5.69 Å². The largest absolute Gasteiger partial charge is 0.493 e. The third-order valence-electron chi connectivity index (χ3n) is 5.51. The number of benzene rings is 2. The molecule has 2 heterocycles. The number of methoxy groups -OCH3 is 2. The van der Waals surface area contributed by atoms with Gasteiger partial charge in [-0.3, -0.25) is 9.69 Å². The number of nitrogens with zero attached hydrogens (tertiary/aromatic N) is 1. The first kappa shape index (κ1) is 21.7. The van der Waals surface area contributed by atoms with Crippen molar-refractivity contribution in [2.24, 2.45) is 0 Å². The van der Waals surface area contributed by atoms with Gasteiger partial charge in [-0.15, -0.1) is 23.1 Å². The minimum absolute atomic E-state index is 0.00472. The molecule has 1 atom stereocenters. The number of anilines is 1. The summed E-state index contributed by atoms with van der Waals surface area (Å²) in [7, 11) is 3.31. The number of hydrogen-bond donors (Lipinski definition) is 1. The van der Waals surface area contributed by atoms with Crippen LogP contribution in [0.5, 0.6) is 11.5 Å². The first-order valence-corrected chi connectivity index (χ1v) is 12.2. The molecule has 1 aliphatic rings. The Hall–Kier alpha value is -2.48. The average molecular weight is 455 g/mol. The van der Waals surface area contributed by atoms with Gasteiger partial charge in [-0.25, -0.2) is 0 Å². The summed E-state index contributed by atoms with van der Waals surface area (Å²) in [5.41, 5.74) is 3.26. The molecule has 4 rings (SSSR count). The summed E-state index contributed by atoms with van der Waals surface area (Å²) < 4.78 is 11.1. The number of hydrogen-bond acceptors (Lipinski definition) is 6. The van der Waals surface area contributed by atoms with Gasteiger partial charge in [0.25, 0.3) is 0 Å². The molecule has 0 bridgehead atoms. The Labute approximate surface area is 191 Å². The Kier molecular flexibility index (Phi) is 6.85. The highest BCUT2D eigenvalue weighted by atomic mass is 32.2. The third kappa shape index (κ3) is 4.59. The predicted octanol–water partition coefficient (Wildman–Crippen LogP) is 5.07. The van der Waals surface area contributed by atoms with Crippen molar-refractivity contribution in [3.63, 3.8) is 0 Å². The lowest BCUT2D eigenvalue weighted by Crippen LogP contribution is -2.41. The maximum Gasteiger partial charge on any atom is 0.238 e. The monoisotopic (exact) mass is 454 g/mol. The fourth-order valence-corrected chi connectivity index (χ4v) is 5.50. The van der Waals surface area contributed by atoms with Crippen LogP contribution in [0.1, 0.15) is 22.0 Å². The van der Waals surface area contributed by atoms with Gasteiger partial charge in [0.15, 0.2) is 11.5 Å². The standard InChI is InChI=1S/C24H26N2O3S2/c1-28-19-13-16-10-11-26(15-23(27)25-18-7-4-5-8-21(18)30-3)24(22-9-6-12-31-22)17(16)14-20(19)29-2/h4-9,12-14,24H,10-11,15H2,1-3H3,(H,25,27)/t24-/m1/s1. The van der Waals surface area contributed by atoms with Crippen LogP contribution in [-0.2, 0) is 11.2 Å². The van der Waals surface area contributed by atoms with E-state index in [-0.39, 0.29) is 11.9 Å². The SMILES string of the molecule is COc1cc2c(cc1OC)[C@H](c1cccs1)N(CC(=O)Nc1ccccc1SC)CC2. The molecular weight excluding hydrogens is 428 g/mol. The number of ether oxygens (including phenoxy) is 2. The maximum atomic E-state index is 13.0. The summed E-state index contributed by atoms with van der Waals surface area (Å²) in [5, 5.41) is 5.18. The fourth-order valence-electron chi connectivity index (χ4n) is 4.07. The molecule has 0 unspecified atom stereocenters. The lowest BCUT2D eigenvalue weighted by Gasteiger charge is -2.37. The van der Waals surface area contributed by atoms with Crippen molar-refractivity contribution in [2.45, 2.75) is 17.4 Å². The number of thiophene rings is 1. The van der Waals surface area contributed by atoms with Gasteiger partial charge in [0.05, 0.1) is 32.5 Å². The highest BCUT2D eigenvalue weighted by Gasteiger charge is 2.32. The van der Waals surface area contributed by atoms with Crippen LogP contribution in [0, 0.1) is 0 Å². The molecule has 1 aliphatic heterocycles. The average Bonchev–Trinajstić information content (AvgIpc) is 3.32. The van der Waals surface area contributed by atoms with Crippen molar-refractivity contribution in [3.8, 4) is 11.5 Å². The fraction of sp³-hybridized carbons (Fsp3) is 0.292. The van der Waals surface area contributed by atoms with Gasteiger partial charge in [-0.2, -0.15) is 0 Å². The molecule has 162 valence electrons. The van der Waals surface area contributed by atoms with Crippen LogP contribution in [0.15, 0.2) is 58.8 Å². The van der Waals surface area contributed by atoms with E-state index in [1.807, 2.05) is 30.5 Å². The van der Waals surface area contributed by atoms with Crippen molar-refractivity contribution in [1.29, 1.82) is 0 Å². The number of carbonyl (C=O) groups excluding carboxylic acids is 1. The van der Waals surface area contributed by atoms with Gasteiger partial charge in [-0.1, -0.05) is 18.2 Å². The quantitative estimate of drug-likeness (QED) is 0.505. The van der Waals surface area contributed by atoms with E-state index >= 15 is 0 Å². The summed E-state index contributed by atoms with van der Waals surface area (Å²) in [6.07, 6.45) is 2.87. The predicted molar refractivity (Wildman–Crippen MR) is 128 cm³/mol. The highest BCUT2D eigenvalue weighted by Crippen LogP contribution is 2.42. The van der Waals surface area contributed by atoms with Crippen LogP contribution in [0.25, 0.3) is 0 Å². The molecule has 0 saturated carbocycles. The van der Waals surface area contributed by atoms with E-state index in [0.717, 1.165) is 29.3 Å². The second kappa shape index (κ2) is 9.77. The third-order valence-corrected chi connectivity index (χ3v) is 7.23. The first-order valence-electron chi connectivity index (χ1n) is 10.1. The normalized spacial score (nSPS) is 15.9. The number of fused-ring (bicyclic) bond motifs is 1. The van der Waals surface area contributed by atoms with Crippen molar-refractivity contribution in [1.82, 2.24) is 4.90 Å². The molecule has 0 aliphatic carbocycles. The molecule has 0 radical (unpaired) electrons. The minimum atomic E-state index is -0.00742. The molecule has 7 heteroatoms. The number of thioether (sulfide) groups is 1. The minimum Gasteiger partial charge on any atom is -0.493 e. The van der Waals surface area contributed by atoms with Crippen molar-refractivity contribution < 1.29 is 14.3 Å². The number of carbonyl (C=O) groups is 1. The first-order chi connectivity index (χ1) is 15.1. The molecule has 31 heavy (non-hydrogen) atoms. The van der Waals surface area contributed by atoms with E-state index in [0.29, 0.717) is 12.3 Å². The molecule has 0 spiro atoms. The lowest BCUT2D eigenvalue weighted by atomic mass is 9.91. The summed E-state index contributed by atoms with van der Waals surface area (Å²) in [5.74, 6) is 1.45. The second-order valence-electron chi connectivity index (χ2n) is 7.29. The number of nitrogens with one attached hydrogen (secondary N) is 1. The Balaban J connectivity index is 1.63. The van der Waals surface area contributed by atoms with Crippen LogP contribution in [0.3, 0.4) is 0 Å². The van der Waals surface area contributed by atoms with Gasteiger partial charge in [0, 0.05) is 16.3 Å². The van der Waals surface area contributed by atoms with Gasteiger partial charge in [-0.05, 0) is 59.5 Å².